The van der Waals surface area contributed by atoms with Gasteiger partial charge in [0.25, 0.3) is 0 Å². The largest absolute Gasteiger partial charge is 0.480 e. The van der Waals surface area contributed by atoms with Crippen LogP contribution < -0.4 is 27.4 Å². The van der Waals surface area contributed by atoms with Crippen molar-refractivity contribution in [3.8, 4) is 0 Å². The molecule has 0 saturated carbocycles. The number of carbonyl (C=O) groups excluding carboxylic acids is 4. The zero-order valence-corrected chi connectivity index (χ0v) is 22.4. The van der Waals surface area contributed by atoms with Gasteiger partial charge in [0.2, 0.25) is 23.6 Å². The van der Waals surface area contributed by atoms with Gasteiger partial charge in [-0.15, -0.1) is 0 Å². The number of hydrogen-bond acceptors (Lipinski definition) is 8. The van der Waals surface area contributed by atoms with E-state index in [1.165, 1.54) is 24.3 Å². The monoisotopic (exact) mass is 561 g/mol. The minimum Gasteiger partial charge on any atom is -0.480 e. The number of amides is 4. The molecule has 4 atom stereocenters. The van der Waals surface area contributed by atoms with Crippen LogP contribution >= 0.6 is 11.8 Å². The van der Waals surface area contributed by atoms with Gasteiger partial charge in [0.05, 0.1) is 12.4 Å². The second-order valence-corrected chi connectivity index (χ2v) is 9.87. The third-order valence-corrected chi connectivity index (χ3v) is 6.44. The molecular formula is C25H35N7O6S. The Labute approximate surface area is 230 Å². The zero-order chi connectivity index (χ0) is 28.8. The van der Waals surface area contributed by atoms with E-state index in [0.29, 0.717) is 11.4 Å². The predicted octanol–water partition coefficient (Wildman–Crippen LogP) is -0.920. The van der Waals surface area contributed by atoms with Crippen LogP contribution in [0.2, 0.25) is 0 Å². The number of H-pyrrole nitrogens is 1. The Balaban J connectivity index is 2.18. The molecule has 39 heavy (non-hydrogen) atoms. The van der Waals surface area contributed by atoms with Gasteiger partial charge in [-0.25, -0.2) is 9.78 Å². The van der Waals surface area contributed by atoms with Crippen LogP contribution in [0.3, 0.4) is 0 Å². The van der Waals surface area contributed by atoms with Crippen LogP contribution in [0.25, 0.3) is 0 Å². The van der Waals surface area contributed by atoms with Crippen LogP contribution in [-0.4, -0.2) is 80.8 Å². The molecule has 0 aliphatic rings. The standard InChI is InChI=1S/C25H35N7O6S/c1-39-10-9-18(23(35)32-20(25(37)38)12-16-13-28-14-29-16)30-24(36)19(11-15-5-3-2-4-6-15)31-22(34)17(26)7-8-21(27)33/h2-6,13-14,17-20H,7-12,26H2,1H3,(H2,27,33)(H,28,29)(H,30,36)(H,31,34)(H,32,35)(H,37,38). The van der Waals surface area contributed by atoms with Gasteiger partial charge >= 0.3 is 5.97 Å². The number of primary amides is 1. The van der Waals surface area contributed by atoms with Gasteiger partial charge in [0.1, 0.15) is 18.1 Å². The quantitative estimate of drug-likeness (QED) is 0.127. The molecule has 2 aromatic rings. The van der Waals surface area contributed by atoms with Crippen molar-refractivity contribution in [2.24, 2.45) is 11.5 Å². The maximum atomic E-state index is 13.4. The lowest BCUT2D eigenvalue weighted by atomic mass is 10.0. The van der Waals surface area contributed by atoms with E-state index in [1.54, 1.807) is 24.3 Å². The summed E-state index contributed by atoms with van der Waals surface area (Å²) in [6.45, 7) is 0. The van der Waals surface area contributed by atoms with E-state index < -0.39 is 53.8 Å². The number of aromatic amines is 1. The van der Waals surface area contributed by atoms with Crippen molar-refractivity contribution in [1.82, 2.24) is 25.9 Å². The van der Waals surface area contributed by atoms with Gasteiger partial charge in [-0.05, 0) is 30.4 Å². The summed E-state index contributed by atoms with van der Waals surface area (Å²) < 4.78 is 0. The number of carbonyl (C=O) groups is 5. The Kier molecular flexibility index (Phi) is 13.0. The average molecular weight is 562 g/mol. The molecule has 1 heterocycles. The molecule has 4 amide bonds. The van der Waals surface area contributed by atoms with E-state index >= 15 is 0 Å². The zero-order valence-electron chi connectivity index (χ0n) is 21.6. The molecular weight excluding hydrogens is 526 g/mol. The fourth-order valence-electron chi connectivity index (χ4n) is 3.63. The average Bonchev–Trinajstić information content (AvgIpc) is 3.42. The van der Waals surface area contributed by atoms with Gasteiger partial charge < -0.3 is 37.5 Å². The minimum absolute atomic E-state index is 0.00645. The highest BCUT2D eigenvalue weighted by atomic mass is 32.2. The van der Waals surface area contributed by atoms with E-state index in [2.05, 4.69) is 25.9 Å². The first-order valence-corrected chi connectivity index (χ1v) is 13.7. The normalized spacial score (nSPS) is 13.9. The molecule has 4 unspecified atom stereocenters. The molecule has 13 nitrogen and oxygen atoms in total. The Morgan fingerprint density at radius 1 is 0.949 bits per heavy atom. The summed E-state index contributed by atoms with van der Waals surface area (Å²) in [5, 5.41) is 17.4. The van der Waals surface area contributed by atoms with Crippen molar-refractivity contribution in [2.75, 3.05) is 12.0 Å². The highest BCUT2D eigenvalue weighted by molar-refractivity contribution is 7.98. The van der Waals surface area contributed by atoms with Gasteiger partial charge in [0, 0.05) is 31.2 Å². The van der Waals surface area contributed by atoms with Crippen molar-refractivity contribution in [3.05, 3.63) is 54.1 Å². The van der Waals surface area contributed by atoms with Crippen LogP contribution in [0.1, 0.15) is 30.5 Å². The first-order chi connectivity index (χ1) is 18.6. The first-order valence-electron chi connectivity index (χ1n) is 12.3. The summed E-state index contributed by atoms with van der Waals surface area (Å²) in [5.74, 6) is -3.31. The third-order valence-electron chi connectivity index (χ3n) is 5.79. The molecule has 212 valence electrons. The lowest BCUT2D eigenvalue weighted by Crippen LogP contribution is -2.58. The van der Waals surface area contributed by atoms with Crippen molar-refractivity contribution < 1.29 is 29.1 Å². The number of carboxylic acids is 1. The number of nitrogens with one attached hydrogen (secondary N) is 4. The summed E-state index contributed by atoms with van der Waals surface area (Å²) in [6.07, 6.45) is 4.91. The van der Waals surface area contributed by atoms with Gasteiger partial charge in [-0.2, -0.15) is 11.8 Å². The van der Waals surface area contributed by atoms with Crippen molar-refractivity contribution in [1.29, 1.82) is 0 Å². The summed E-state index contributed by atoms with van der Waals surface area (Å²) in [6, 6.07) is 4.46. The van der Waals surface area contributed by atoms with E-state index in [-0.39, 0.29) is 32.1 Å². The number of thioether (sulfide) groups is 1. The minimum atomic E-state index is -1.25. The Bertz CT molecular complexity index is 1100. The smallest absolute Gasteiger partial charge is 0.326 e. The fourth-order valence-corrected chi connectivity index (χ4v) is 4.10. The van der Waals surface area contributed by atoms with E-state index in [9.17, 15) is 29.1 Å². The van der Waals surface area contributed by atoms with Crippen LogP contribution in [0.15, 0.2) is 42.9 Å². The molecule has 14 heteroatoms. The first kappa shape index (κ1) is 31.3. The second kappa shape index (κ2) is 16.1. The third kappa shape index (κ3) is 11.2. The Hall–Kier alpha value is -3.91. The molecule has 0 fully saturated rings. The Morgan fingerprint density at radius 2 is 1.59 bits per heavy atom. The fraction of sp³-hybridized carbons (Fsp3) is 0.440. The number of hydrogen-bond donors (Lipinski definition) is 7. The number of carboxylic acid groups (broad SMARTS) is 1. The van der Waals surface area contributed by atoms with Gasteiger partial charge in [0.15, 0.2) is 0 Å². The highest BCUT2D eigenvalue weighted by Gasteiger charge is 2.30. The molecule has 2 rings (SSSR count). The topological polar surface area (TPSA) is 222 Å². The summed E-state index contributed by atoms with van der Waals surface area (Å²) >= 11 is 1.45. The van der Waals surface area contributed by atoms with Crippen molar-refractivity contribution >= 4 is 41.4 Å². The van der Waals surface area contributed by atoms with E-state index in [0.717, 1.165) is 5.56 Å². The highest BCUT2D eigenvalue weighted by Crippen LogP contribution is 2.08. The summed E-state index contributed by atoms with van der Waals surface area (Å²) in [4.78, 5) is 68.7. The number of nitrogens with zero attached hydrogens (tertiary/aromatic N) is 1. The van der Waals surface area contributed by atoms with Crippen LogP contribution in [0.4, 0.5) is 0 Å². The SMILES string of the molecule is CSCCC(NC(=O)C(Cc1ccccc1)NC(=O)C(N)CCC(N)=O)C(=O)NC(Cc1cnc[nH]1)C(=O)O. The molecule has 0 saturated heterocycles. The number of rotatable bonds is 17. The van der Waals surface area contributed by atoms with Crippen molar-refractivity contribution in [2.45, 2.75) is 56.3 Å². The molecule has 0 aliphatic carbocycles. The number of nitrogens with two attached hydrogens (primary N) is 2. The van der Waals surface area contributed by atoms with Gasteiger partial charge in [-0.1, -0.05) is 30.3 Å². The number of aromatic nitrogens is 2. The summed E-state index contributed by atoms with van der Waals surface area (Å²) in [7, 11) is 0. The molecule has 9 N–H and O–H groups in total. The molecule has 1 aromatic heterocycles. The van der Waals surface area contributed by atoms with Gasteiger partial charge in [-0.3, -0.25) is 19.2 Å². The molecule has 0 bridgehead atoms. The maximum Gasteiger partial charge on any atom is 0.326 e. The van der Waals surface area contributed by atoms with E-state index in [1.807, 2.05) is 12.3 Å². The molecule has 0 spiro atoms. The molecule has 1 aromatic carbocycles. The maximum absolute atomic E-state index is 13.4. The van der Waals surface area contributed by atoms with Crippen LogP contribution in [-0.2, 0) is 36.8 Å². The second-order valence-electron chi connectivity index (χ2n) is 8.89. The number of benzene rings is 1. The lowest BCUT2D eigenvalue weighted by molar-refractivity contribution is -0.142. The molecule has 0 aliphatic heterocycles. The molecule has 0 radical (unpaired) electrons. The van der Waals surface area contributed by atoms with Crippen LogP contribution in [0.5, 0.6) is 0 Å². The number of imidazole rings is 1. The number of aliphatic carboxylic acids is 1. The Morgan fingerprint density at radius 3 is 2.18 bits per heavy atom. The predicted molar refractivity (Wildman–Crippen MR) is 145 cm³/mol. The lowest BCUT2D eigenvalue weighted by Gasteiger charge is -2.25. The van der Waals surface area contributed by atoms with E-state index in [4.69, 9.17) is 11.5 Å². The summed E-state index contributed by atoms with van der Waals surface area (Å²) in [5.41, 5.74) is 12.3. The van der Waals surface area contributed by atoms with Crippen LogP contribution in [0, 0.1) is 0 Å². The van der Waals surface area contributed by atoms with Crippen molar-refractivity contribution in [3.63, 3.8) is 0 Å².